The van der Waals surface area contributed by atoms with Crippen LogP contribution in [0.5, 0.6) is 0 Å². The van der Waals surface area contributed by atoms with Crippen molar-refractivity contribution in [3.8, 4) is 0 Å². The molecular weight excluding hydrogens is 208 g/mol. The Morgan fingerprint density at radius 2 is 2.38 bits per heavy atom. The second kappa shape index (κ2) is 4.82. The van der Waals surface area contributed by atoms with E-state index in [4.69, 9.17) is 5.73 Å². The van der Waals surface area contributed by atoms with E-state index in [-0.39, 0.29) is 11.9 Å². The maximum Gasteiger partial charge on any atom is 0.243 e. The van der Waals surface area contributed by atoms with Gasteiger partial charge in [-0.05, 0) is 19.3 Å². The minimum Gasteiger partial charge on any atom is -0.368 e. The van der Waals surface area contributed by atoms with Gasteiger partial charge in [-0.1, -0.05) is 0 Å². The molecule has 0 unspecified atom stereocenters. The molecule has 1 saturated carbocycles. The van der Waals surface area contributed by atoms with Gasteiger partial charge in [-0.25, -0.2) is 5.10 Å². The van der Waals surface area contributed by atoms with E-state index in [1.54, 1.807) is 0 Å². The molecular formula is C9H16N6O. The van der Waals surface area contributed by atoms with Gasteiger partial charge in [0.1, 0.15) is 0 Å². The molecule has 1 aromatic heterocycles. The van der Waals surface area contributed by atoms with Crippen molar-refractivity contribution >= 4 is 17.8 Å². The topological polar surface area (TPSA) is 109 Å². The van der Waals surface area contributed by atoms with E-state index in [2.05, 4.69) is 25.8 Å². The number of hydrogen-bond donors (Lipinski definition) is 4. The summed E-state index contributed by atoms with van der Waals surface area (Å²) in [6.45, 7) is 0.662. The van der Waals surface area contributed by atoms with E-state index >= 15 is 0 Å². The van der Waals surface area contributed by atoms with Gasteiger partial charge in [0.15, 0.2) is 0 Å². The summed E-state index contributed by atoms with van der Waals surface area (Å²) in [6, 6.07) is 0.438. The van der Waals surface area contributed by atoms with Gasteiger partial charge in [0.05, 0.1) is 0 Å². The number of carbonyl (C=O) groups excluding carboxylic acids is 1. The lowest BCUT2D eigenvalue weighted by Crippen LogP contribution is -2.25. The van der Waals surface area contributed by atoms with E-state index in [0.29, 0.717) is 25.0 Å². The third-order valence-corrected chi connectivity index (χ3v) is 2.31. The first-order valence-electron chi connectivity index (χ1n) is 5.45. The lowest BCUT2D eigenvalue weighted by Gasteiger charge is -2.03. The van der Waals surface area contributed by atoms with Crippen LogP contribution in [0.1, 0.15) is 25.7 Å². The highest BCUT2D eigenvalue weighted by atomic mass is 16.1. The molecule has 1 aromatic rings. The van der Waals surface area contributed by atoms with Crippen molar-refractivity contribution in [2.24, 2.45) is 0 Å². The Morgan fingerprint density at radius 3 is 3.00 bits per heavy atom. The van der Waals surface area contributed by atoms with E-state index in [9.17, 15) is 4.79 Å². The fraction of sp³-hybridized carbons (Fsp3) is 0.667. The highest BCUT2D eigenvalue weighted by Crippen LogP contribution is 2.18. The molecule has 1 fully saturated rings. The number of carbonyl (C=O) groups is 1. The van der Waals surface area contributed by atoms with E-state index in [0.717, 1.165) is 19.3 Å². The monoisotopic (exact) mass is 224 g/mol. The van der Waals surface area contributed by atoms with Crippen molar-refractivity contribution in [2.45, 2.75) is 31.7 Å². The van der Waals surface area contributed by atoms with Crippen LogP contribution in [0, 0.1) is 0 Å². The van der Waals surface area contributed by atoms with Gasteiger partial charge >= 0.3 is 0 Å². The SMILES string of the molecule is Nc1nc(NCCCC(=O)NC2CC2)n[nH]1. The lowest BCUT2D eigenvalue weighted by molar-refractivity contribution is -0.121. The molecule has 7 nitrogen and oxygen atoms in total. The number of hydrogen-bond acceptors (Lipinski definition) is 5. The quantitative estimate of drug-likeness (QED) is 0.503. The first-order chi connectivity index (χ1) is 7.74. The third kappa shape index (κ3) is 3.41. The van der Waals surface area contributed by atoms with Gasteiger partial charge in [0.2, 0.25) is 17.8 Å². The average Bonchev–Trinajstić information content (AvgIpc) is 2.95. The first-order valence-corrected chi connectivity index (χ1v) is 5.45. The second-order valence-corrected chi connectivity index (χ2v) is 3.92. The molecule has 0 atom stereocenters. The van der Waals surface area contributed by atoms with Crippen LogP contribution in [0.3, 0.4) is 0 Å². The maximum atomic E-state index is 11.3. The fourth-order valence-corrected chi connectivity index (χ4v) is 1.33. The minimum absolute atomic E-state index is 0.124. The summed E-state index contributed by atoms with van der Waals surface area (Å²) >= 11 is 0. The van der Waals surface area contributed by atoms with Crippen LogP contribution in [-0.2, 0) is 4.79 Å². The van der Waals surface area contributed by atoms with Gasteiger partial charge in [-0.3, -0.25) is 4.79 Å². The molecule has 0 saturated heterocycles. The molecule has 1 aliphatic carbocycles. The number of nitrogens with two attached hydrogens (primary N) is 1. The Bertz CT molecular complexity index is 359. The molecule has 0 bridgehead atoms. The highest BCUT2D eigenvalue weighted by molar-refractivity contribution is 5.76. The smallest absolute Gasteiger partial charge is 0.243 e. The summed E-state index contributed by atoms with van der Waals surface area (Å²) in [6.07, 6.45) is 3.54. The molecule has 88 valence electrons. The Hall–Kier alpha value is -1.79. The van der Waals surface area contributed by atoms with Crippen molar-refractivity contribution in [1.29, 1.82) is 0 Å². The molecule has 7 heteroatoms. The fourth-order valence-electron chi connectivity index (χ4n) is 1.33. The summed E-state index contributed by atoms with van der Waals surface area (Å²) in [5.41, 5.74) is 5.36. The van der Waals surface area contributed by atoms with Crippen molar-refractivity contribution < 1.29 is 4.79 Å². The molecule has 1 heterocycles. The molecule has 1 amide bonds. The molecule has 0 radical (unpaired) electrons. The standard InChI is InChI=1S/C9H16N6O/c10-8-13-9(15-14-8)11-5-1-2-7(16)12-6-3-4-6/h6H,1-5H2,(H,12,16)(H4,10,11,13,14,15). The predicted molar refractivity (Wildman–Crippen MR) is 59.7 cm³/mol. The van der Waals surface area contributed by atoms with Crippen LogP contribution in [0.25, 0.3) is 0 Å². The van der Waals surface area contributed by atoms with Crippen molar-refractivity contribution in [3.05, 3.63) is 0 Å². The molecule has 0 aromatic carbocycles. The van der Waals surface area contributed by atoms with Crippen LogP contribution >= 0.6 is 0 Å². The van der Waals surface area contributed by atoms with Crippen LogP contribution < -0.4 is 16.4 Å². The molecule has 2 rings (SSSR count). The number of aromatic nitrogens is 3. The van der Waals surface area contributed by atoms with Crippen LogP contribution in [-0.4, -0.2) is 33.7 Å². The van der Waals surface area contributed by atoms with Crippen molar-refractivity contribution in [2.75, 3.05) is 17.6 Å². The Morgan fingerprint density at radius 1 is 1.56 bits per heavy atom. The number of H-pyrrole nitrogens is 1. The maximum absolute atomic E-state index is 11.3. The number of amides is 1. The van der Waals surface area contributed by atoms with E-state index in [1.807, 2.05) is 0 Å². The average molecular weight is 224 g/mol. The number of nitrogens with zero attached hydrogens (tertiary/aromatic N) is 2. The first kappa shape index (κ1) is 10.7. The van der Waals surface area contributed by atoms with Gasteiger partial charge in [-0.2, -0.15) is 4.98 Å². The number of anilines is 2. The van der Waals surface area contributed by atoms with Gasteiger partial charge < -0.3 is 16.4 Å². The van der Waals surface area contributed by atoms with Crippen molar-refractivity contribution in [1.82, 2.24) is 20.5 Å². The summed E-state index contributed by atoms with van der Waals surface area (Å²) in [7, 11) is 0. The summed E-state index contributed by atoms with van der Waals surface area (Å²) < 4.78 is 0. The second-order valence-electron chi connectivity index (χ2n) is 3.92. The zero-order valence-electron chi connectivity index (χ0n) is 8.99. The normalized spacial score (nSPS) is 14.8. The summed E-state index contributed by atoms with van der Waals surface area (Å²) in [4.78, 5) is 15.2. The highest BCUT2D eigenvalue weighted by Gasteiger charge is 2.22. The summed E-state index contributed by atoms with van der Waals surface area (Å²) in [5.74, 6) is 0.882. The Labute approximate surface area is 93.2 Å². The van der Waals surface area contributed by atoms with E-state index in [1.165, 1.54) is 0 Å². The number of rotatable bonds is 6. The minimum atomic E-state index is 0.124. The largest absolute Gasteiger partial charge is 0.368 e. The van der Waals surface area contributed by atoms with Gasteiger partial charge in [0, 0.05) is 19.0 Å². The molecule has 0 aliphatic heterocycles. The third-order valence-electron chi connectivity index (χ3n) is 2.31. The Balaban J connectivity index is 1.55. The number of nitrogens with one attached hydrogen (secondary N) is 3. The molecule has 16 heavy (non-hydrogen) atoms. The zero-order valence-corrected chi connectivity index (χ0v) is 8.99. The lowest BCUT2D eigenvalue weighted by atomic mass is 10.3. The molecule has 1 aliphatic rings. The molecule has 5 N–H and O–H groups in total. The molecule has 0 spiro atoms. The summed E-state index contributed by atoms with van der Waals surface area (Å²) in [5, 5.41) is 12.3. The Kier molecular flexibility index (Phi) is 3.23. The predicted octanol–water partition coefficient (Wildman–Crippen LogP) is -0.142. The number of nitrogen functional groups attached to an aromatic ring is 1. The van der Waals surface area contributed by atoms with Crippen LogP contribution in [0.2, 0.25) is 0 Å². The van der Waals surface area contributed by atoms with E-state index < -0.39 is 0 Å². The zero-order chi connectivity index (χ0) is 11.4. The van der Waals surface area contributed by atoms with Gasteiger partial charge in [-0.15, -0.1) is 5.10 Å². The van der Waals surface area contributed by atoms with Crippen LogP contribution in [0.4, 0.5) is 11.9 Å². The number of aromatic amines is 1. The van der Waals surface area contributed by atoms with Crippen molar-refractivity contribution in [3.63, 3.8) is 0 Å². The van der Waals surface area contributed by atoms with Gasteiger partial charge in [0.25, 0.3) is 0 Å². The van der Waals surface area contributed by atoms with Crippen LogP contribution in [0.15, 0.2) is 0 Å².